The first-order chi connectivity index (χ1) is 9.64. The maximum Gasteiger partial charge on any atom is 0.335 e. The molecular weight excluding hydrogens is 266 g/mol. The molecule has 0 aromatic heterocycles. The smallest absolute Gasteiger partial charge is 0.317 e. The normalized spacial score (nSPS) is 25.5. The minimum atomic E-state index is -0.278. The summed E-state index contributed by atoms with van der Waals surface area (Å²) in [5, 5.41) is 3.79. The number of urea groups is 1. The molecule has 5 heteroatoms. The van der Waals surface area contributed by atoms with E-state index in [9.17, 15) is 9.59 Å². The van der Waals surface area contributed by atoms with E-state index in [0.717, 1.165) is 26.1 Å². The zero-order valence-corrected chi connectivity index (χ0v) is 14.2. The Bertz CT molecular complexity index is 428. The number of rotatable bonds is 3. The fourth-order valence-corrected chi connectivity index (χ4v) is 3.12. The van der Waals surface area contributed by atoms with Crippen LogP contribution in [0.2, 0.25) is 0 Å². The summed E-state index contributed by atoms with van der Waals surface area (Å²) in [6, 6.07) is -0.291. The molecule has 1 unspecified atom stereocenters. The highest BCUT2D eigenvalue weighted by molar-refractivity contribution is 5.90. The molecule has 5 nitrogen and oxygen atoms in total. The molecule has 0 bridgehead atoms. The minimum Gasteiger partial charge on any atom is -0.317 e. The summed E-state index contributed by atoms with van der Waals surface area (Å²) in [6.45, 7) is 14.6. The Kier molecular flexibility index (Phi) is 4.34. The summed E-state index contributed by atoms with van der Waals surface area (Å²) in [4.78, 5) is 27.4. The molecule has 2 heterocycles. The molecule has 21 heavy (non-hydrogen) atoms. The van der Waals surface area contributed by atoms with Crippen LogP contribution in [0.1, 0.15) is 48.0 Å². The standard InChI is InChI=1S/C16H29N3O2/c1-11(2)12(3)14(20)13-7-8-17-9-10-18(16(4,5)6)15(21)19(13)17/h11-13H,7-10H2,1-6H3/t12?,13-/m0/s1. The lowest BCUT2D eigenvalue weighted by molar-refractivity contribution is -0.132. The van der Waals surface area contributed by atoms with Crippen molar-refractivity contribution in [1.82, 2.24) is 14.9 Å². The molecule has 0 saturated carbocycles. The van der Waals surface area contributed by atoms with Crippen LogP contribution in [0.15, 0.2) is 0 Å². The molecule has 2 aliphatic rings. The number of Topliss-reactive ketones (excluding diaryl/α,β-unsaturated/α-hetero) is 1. The van der Waals surface area contributed by atoms with Gasteiger partial charge in [0.05, 0.1) is 0 Å². The third-order valence-corrected chi connectivity index (χ3v) is 4.86. The van der Waals surface area contributed by atoms with E-state index in [2.05, 4.69) is 18.9 Å². The molecule has 0 aromatic rings. The van der Waals surface area contributed by atoms with Crippen molar-refractivity contribution in [3.63, 3.8) is 0 Å². The summed E-state index contributed by atoms with van der Waals surface area (Å²) in [7, 11) is 0. The Morgan fingerprint density at radius 3 is 2.29 bits per heavy atom. The average Bonchev–Trinajstić information content (AvgIpc) is 2.80. The SMILES string of the molecule is CC(C)C(C)C(=O)[C@@H]1CCN2CCN(C(C)(C)C)C(=O)N12. The molecule has 0 spiro atoms. The molecule has 0 radical (unpaired) electrons. The van der Waals surface area contributed by atoms with Crippen molar-refractivity contribution >= 4 is 11.8 Å². The number of hydrogen-bond donors (Lipinski definition) is 0. The van der Waals surface area contributed by atoms with Gasteiger partial charge in [-0.25, -0.2) is 14.8 Å². The molecule has 2 rings (SSSR count). The first-order valence-corrected chi connectivity index (χ1v) is 8.04. The summed E-state index contributed by atoms with van der Waals surface area (Å²) in [5.41, 5.74) is -0.205. The van der Waals surface area contributed by atoms with Gasteiger partial charge < -0.3 is 4.90 Å². The van der Waals surface area contributed by atoms with Gasteiger partial charge in [0, 0.05) is 31.1 Å². The number of nitrogens with zero attached hydrogens (tertiary/aromatic N) is 3. The van der Waals surface area contributed by atoms with Gasteiger partial charge in [0.15, 0.2) is 5.78 Å². The van der Waals surface area contributed by atoms with Gasteiger partial charge in [0.2, 0.25) is 0 Å². The Hall–Kier alpha value is -1.10. The average molecular weight is 295 g/mol. The number of fused-ring (bicyclic) bond motifs is 1. The van der Waals surface area contributed by atoms with Gasteiger partial charge in [-0.2, -0.15) is 0 Å². The molecular formula is C16H29N3O2. The van der Waals surface area contributed by atoms with Gasteiger partial charge in [0.1, 0.15) is 6.04 Å². The van der Waals surface area contributed by atoms with Crippen molar-refractivity contribution < 1.29 is 9.59 Å². The van der Waals surface area contributed by atoms with Crippen LogP contribution in [0.3, 0.4) is 0 Å². The largest absolute Gasteiger partial charge is 0.335 e. The van der Waals surface area contributed by atoms with E-state index in [1.54, 1.807) is 5.01 Å². The Morgan fingerprint density at radius 1 is 1.14 bits per heavy atom. The highest BCUT2D eigenvalue weighted by Crippen LogP contribution is 2.30. The number of ketones is 1. The number of carbonyl (C=O) groups is 2. The van der Waals surface area contributed by atoms with Crippen LogP contribution < -0.4 is 0 Å². The van der Waals surface area contributed by atoms with Crippen molar-refractivity contribution in [2.75, 3.05) is 19.6 Å². The number of carbonyl (C=O) groups excluding carboxylic acids is 2. The highest BCUT2D eigenvalue weighted by Gasteiger charge is 2.47. The lowest BCUT2D eigenvalue weighted by atomic mass is 9.89. The van der Waals surface area contributed by atoms with Gasteiger partial charge in [-0.3, -0.25) is 4.79 Å². The zero-order valence-electron chi connectivity index (χ0n) is 14.2. The van der Waals surface area contributed by atoms with Gasteiger partial charge in [-0.1, -0.05) is 20.8 Å². The highest BCUT2D eigenvalue weighted by atomic mass is 16.2. The van der Waals surface area contributed by atoms with Crippen molar-refractivity contribution in [3.8, 4) is 0 Å². The van der Waals surface area contributed by atoms with Crippen LogP contribution in [0.4, 0.5) is 4.79 Å². The van der Waals surface area contributed by atoms with Crippen molar-refractivity contribution in [1.29, 1.82) is 0 Å². The summed E-state index contributed by atoms with van der Waals surface area (Å²) in [6.07, 6.45) is 0.764. The van der Waals surface area contributed by atoms with E-state index in [1.807, 2.05) is 32.6 Å². The second-order valence-corrected chi connectivity index (χ2v) is 7.64. The lowest BCUT2D eigenvalue weighted by Gasteiger charge is -2.47. The fourth-order valence-electron chi connectivity index (χ4n) is 3.12. The third kappa shape index (κ3) is 2.93. The number of hydrazine groups is 1. The van der Waals surface area contributed by atoms with Gasteiger partial charge in [0.25, 0.3) is 0 Å². The van der Waals surface area contributed by atoms with Crippen LogP contribution in [-0.2, 0) is 4.79 Å². The van der Waals surface area contributed by atoms with Gasteiger partial charge >= 0.3 is 6.03 Å². The topological polar surface area (TPSA) is 43.9 Å². The fraction of sp³-hybridized carbons (Fsp3) is 0.875. The summed E-state index contributed by atoms with van der Waals surface area (Å²) < 4.78 is 0. The predicted molar refractivity (Wildman–Crippen MR) is 82.7 cm³/mol. The van der Waals surface area contributed by atoms with Gasteiger partial charge in [-0.05, 0) is 33.1 Å². The molecule has 2 fully saturated rings. The van der Waals surface area contributed by atoms with Crippen molar-refractivity contribution in [2.24, 2.45) is 11.8 Å². The van der Waals surface area contributed by atoms with Crippen LogP contribution in [0.5, 0.6) is 0 Å². The van der Waals surface area contributed by atoms with E-state index >= 15 is 0 Å². The first-order valence-electron chi connectivity index (χ1n) is 8.04. The monoisotopic (exact) mass is 295 g/mol. The molecule has 0 N–H and O–H groups in total. The molecule has 0 aliphatic carbocycles. The van der Waals surface area contributed by atoms with Crippen LogP contribution in [-0.4, -0.2) is 57.9 Å². The second kappa shape index (κ2) is 5.59. The van der Waals surface area contributed by atoms with Crippen molar-refractivity contribution in [2.45, 2.75) is 59.5 Å². The molecule has 0 aromatic carbocycles. The van der Waals surface area contributed by atoms with Crippen molar-refractivity contribution in [3.05, 3.63) is 0 Å². The summed E-state index contributed by atoms with van der Waals surface area (Å²) in [5.74, 6) is 0.509. The second-order valence-electron chi connectivity index (χ2n) is 7.64. The third-order valence-electron chi connectivity index (χ3n) is 4.86. The molecule has 2 atom stereocenters. The van der Waals surface area contributed by atoms with E-state index in [1.165, 1.54) is 0 Å². The Morgan fingerprint density at radius 2 is 1.76 bits per heavy atom. The minimum absolute atomic E-state index is 0.00670. The molecule has 2 aliphatic heterocycles. The molecule has 2 saturated heterocycles. The maximum absolute atomic E-state index is 12.8. The van der Waals surface area contributed by atoms with E-state index < -0.39 is 0 Å². The van der Waals surface area contributed by atoms with Crippen LogP contribution in [0.25, 0.3) is 0 Å². The molecule has 2 amide bonds. The zero-order chi connectivity index (χ0) is 15.9. The van der Waals surface area contributed by atoms with Crippen LogP contribution in [0, 0.1) is 11.8 Å². The Labute approximate surface area is 128 Å². The number of amides is 2. The van der Waals surface area contributed by atoms with E-state index in [-0.39, 0.29) is 29.3 Å². The maximum atomic E-state index is 12.8. The predicted octanol–water partition coefficient (Wildman–Crippen LogP) is 2.37. The summed E-state index contributed by atoms with van der Waals surface area (Å²) >= 11 is 0. The van der Waals surface area contributed by atoms with Crippen LogP contribution >= 0.6 is 0 Å². The lowest BCUT2D eigenvalue weighted by Crippen LogP contribution is -2.64. The van der Waals surface area contributed by atoms with Gasteiger partial charge in [-0.15, -0.1) is 0 Å². The van der Waals surface area contributed by atoms with E-state index in [4.69, 9.17) is 0 Å². The number of hydrogen-bond acceptors (Lipinski definition) is 3. The first kappa shape index (κ1) is 16.3. The quantitative estimate of drug-likeness (QED) is 0.803. The van der Waals surface area contributed by atoms with E-state index in [0.29, 0.717) is 5.92 Å². The molecule has 120 valence electrons. The Balaban J connectivity index is 2.20.